The Hall–Kier alpha value is -3.09. The summed E-state index contributed by atoms with van der Waals surface area (Å²) in [6, 6.07) is 12.3. The number of hydrogen-bond donors (Lipinski definition) is 1. The Bertz CT molecular complexity index is 1310. The normalized spacial score (nSPS) is 14.7. The van der Waals surface area contributed by atoms with Crippen LogP contribution in [0.15, 0.2) is 42.5 Å². The van der Waals surface area contributed by atoms with Crippen molar-refractivity contribution >= 4 is 5.97 Å². The first kappa shape index (κ1) is 26.0. The van der Waals surface area contributed by atoms with Crippen molar-refractivity contribution in [3.05, 3.63) is 93.0 Å². The molecule has 3 aromatic carbocycles. The van der Waals surface area contributed by atoms with Gasteiger partial charge in [-0.2, -0.15) is 0 Å². The number of carboxylic acids is 1. The maximum absolute atomic E-state index is 14.4. The van der Waals surface area contributed by atoms with Gasteiger partial charge >= 0.3 is 5.97 Å². The van der Waals surface area contributed by atoms with Crippen molar-refractivity contribution in [2.24, 2.45) is 0 Å². The molecule has 0 saturated carbocycles. The third-order valence-corrected chi connectivity index (χ3v) is 6.81. The van der Waals surface area contributed by atoms with Gasteiger partial charge in [0.2, 0.25) is 0 Å². The molecule has 4 nitrogen and oxygen atoms in total. The maximum atomic E-state index is 14.4. The minimum absolute atomic E-state index is 0.257. The Balaban J connectivity index is 1.86. The number of ether oxygens (including phenoxy) is 1. The highest BCUT2D eigenvalue weighted by atomic mass is 19.2. The average molecular weight is 494 g/mol. The van der Waals surface area contributed by atoms with Gasteiger partial charge in [0.1, 0.15) is 0 Å². The number of benzene rings is 3. The molecule has 0 radical (unpaired) electrons. The van der Waals surface area contributed by atoms with Crippen LogP contribution in [0.1, 0.15) is 65.8 Å². The summed E-state index contributed by atoms with van der Waals surface area (Å²) in [4.78, 5) is 14.6. The smallest absolute Gasteiger partial charge is 0.337 e. The minimum atomic E-state index is -1.15. The first-order chi connectivity index (χ1) is 16.9. The molecule has 0 unspecified atom stereocenters. The quantitative estimate of drug-likeness (QED) is 0.401. The van der Waals surface area contributed by atoms with E-state index in [0.717, 1.165) is 45.0 Å². The van der Waals surface area contributed by atoms with Gasteiger partial charge in [0.05, 0.1) is 5.60 Å². The maximum Gasteiger partial charge on any atom is 0.337 e. The summed E-state index contributed by atoms with van der Waals surface area (Å²) in [5, 5.41) is 10.3. The van der Waals surface area contributed by atoms with Gasteiger partial charge in [-0.1, -0.05) is 42.0 Å². The zero-order valence-corrected chi connectivity index (χ0v) is 21.7. The number of rotatable bonds is 6. The molecule has 3 aromatic rings. The number of hydrogen-bond acceptors (Lipinski definition) is 3. The van der Waals surface area contributed by atoms with Crippen molar-refractivity contribution in [1.82, 2.24) is 4.90 Å². The first-order valence-electron chi connectivity index (χ1n) is 12.1. The summed E-state index contributed by atoms with van der Waals surface area (Å²) >= 11 is 0. The monoisotopic (exact) mass is 493 g/mol. The van der Waals surface area contributed by atoms with Gasteiger partial charge in [0.25, 0.3) is 0 Å². The van der Waals surface area contributed by atoms with Crippen molar-refractivity contribution in [3.63, 3.8) is 0 Å². The zero-order valence-electron chi connectivity index (χ0n) is 21.7. The molecule has 0 fully saturated rings. The van der Waals surface area contributed by atoms with E-state index in [2.05, 4.69) is 4.90 Å². The third kappa shape index (κ3) is 5.06. The number of aryl methyl sites for hydroxylation is 1. The van der Waals surface area contributed by atoms with Gasteiger partial charge in [-0.3, -0.25) is 4.90 Å². The predicted octanol–water partition coefficient (Wildman–Crippen LogP) is 7.01. The molecule has 1 N–H and O–H groups in total. The Morgan fingerprint density at radius 3 is 2.19 bits per heavy atom. The predicted molar refractivity (Wildman–Crippen MR) is 137 cm³/mol. The van der Waals surface area contributed by atoms with E-state index in [9.17, 15) is 18.7 Å². The zero-order chi connectivity index (χ0) is 26.4. The summed E-state index contributed by atoms with van der Waals surface area (Å²) in [5.74, 6) is -2.73. The highest BCUT2D eigenvalue weighted by Gasteiger charge is 2.35. The molecule has 4 rings (SSSR count). The molecule has 190 valence electrons. The van der Waals surface area contributed by atoms with E-state index in [4.69, 9.17) is 4.74 Å². The van der Waals surface area contributed by atoms with Crippen LogP contribution in [0, 0.1) is 32.4 Å². The summed E-state index contributed by atoms with van der Waals surface area (Å²) in [7, 11) is 0. The van der Waals surface area contributed by atoms with Crippen LogP contribution in [0.25, 0.3) is 11.1 Å². The lowest BCUT2D eigenvalue weighted by atomic mass is 9.83. The van der Waals surface area contributed by atoms with Crippen molar-refractivity contribution in [3.8, 4) is 11.1 Å². The molecule has 36 heavy (non-hydrogen) atoms. The average Bonchev–Trinajstić information content (AvgIpc) is 3.22. The fraction of sp³-hybridized carbons (Fsp3) is 0.367. The second kappa shape index (κ2) is 9.75. The molecule has 6 heteroatoms. The molecule has 0 saturated heterocycles. The van der Waals surface area contributed by atoms with E-state index in [-0.39, 0.29) is 6.54 Å². The molecule has 1 aliphatic heterocycles. The number of fused-ring (bicyclic) bond motifs is 1. The fourth-order valence-electron chi connectivity index (χ4n) is 5.12. The summed E-state index contributed by atoms with van der Waals surface area (Å²) in [6.07, 6.45) is -1.15. The summed E-state index contributed by atoms with van der Waals surface area (Å²) in [6.45, 7) is 12.8. The summed E-state index contributed by atoms with van der Waals surface area (Å²) in [5.41, 5.74) is 7.16. The van der Waals surface area contributed by atoms with E-state index in [1.807, 2.05) is 65.8 Å². The van der Waals surface area contributed by atoms with Crippen LogP contribution in [-0.2, 0) is 29.2 Å². The van der Waals surface area contributed by atoms with Crippen molar-refractivity contribution < 1.29 is 23.4 Å². The molecule has 0 bridgehead atoms. The molecule has 0 aromatic heterocycles. The molecule has 0 spiro atoms. The van der Waals surface area contributed by atoms with Gasteiger partial charge in [-0.15, -0.1) is 0 Å². The van der Waals surface area contributed by atoms with Crippen LogP contribution < -0.4 is 0 Å². The van der Waals surface area contributed by atoms with E-state index < -0.39 is 29.3 Å². The van der Waals surface area contributed by atoms with E-state index >= 15 is 0 Å². The molecular formula is C30H33F2NO3. The van der Waals surface area contributed by atoms with Gasteiger partial charge in [0, 0.05) is 30.8 Å². The lowest BCUT2D eigenvalue weighted by molar-refractivity contribution is -0.160. The largest absolute Gasteiger partial charge is 0.479 e. The Morgan fingerprint density at radius 2 is 1.61 bits per heavy atom. The SMILES string of the molecule is Cc1ccc(-c2c(C)c3c(c(C)c2[C@H](OC(C)(C)C)C(=O)O)CN(Cc2cccc(F)c2F)C3)cc1. The lowest BCUT2D eigenvalue weighted by Crippen LogP contribution is -2.28. The van der Waals surface area contributed by atoms with Gasteiger partial charge < -0.3 is 9.84 Å². The number of nitrogens with zero attached hydrogens (tertiary/aromatic N) is 1. The van der Waals surface area contributed by atoms with E-state index in [1.54, 1.807) is 6.07 Å². The number of carbonyl (C=O) groups is 1. The Kier molecular flexibility index (Phi) is 7.04. The Labute approximate surface area is 211 Å². The van der Waals surface area contributed by atoms with Crippen molar-refractivity contribution in [2.45, 2.75) is 72.9 Å². The number of carboxylic acid groups (broad SMARTS) is 1. The van der Waals surface area contributed by atoms with E-state index in [1.165, 1.54) is 6.07 Å². The molecule has 0 amide bonds. The second-order valence-corrected chi connectivity index (χ2v) is 10.7. The minimum Gasteiger partial charge on any atom is -0.479 e. The topological polar surface area (TPSA) is 49.8 Å². The van der Waals surface area contributed by atoms with Gasteiger partial charge in [-0.25, -0.2) is 13.6 Å². The van der Waals surface area contributed by atoms with Gasteiger partial charge in [0.15, 0.2) is 17.7 Å². The second-order valence-electron chi connectivity index (χ2n) is 10.7. The molecule has 0 aliphatic carbocycles. The van der Waals surface area contributed by atoms with E-state index in [0.29, 0.717) is 24.2 Å². The highest BCUT2D eigenvalue weighted by Crippen LogP contribution is 2.44. The molecule has 1 aliphatic rings. The fourth-order valence-corrected chi connectivity index (χ4v) is 5.12. The molecule has 1 heterocycles. The van der Waals surface area contributed by atoms with Crippen LogP contribution >= 0.6 is 0 Å². The van der Waals surface area contributed by atoms with Crippen LogP contribution in [0.2, 0.25) is 0 Å². The van der Waals surface area contributed by atoms with Gasteiger partial charge in [-0.05, 0) is 81.0 Å². The standard InChI is InChI=1S/C30H33F2NO3/c1-17-10-12-20(13-11-17)25-18(2)22-15-33(14-21-8-7-9-24(31)27(21)32)16-23(22)19(3)26(25)28(29(34)35)36-30(4,5)6/h7-13,28H,14-16H2,1-6H3,(H,34,35)/t28-/m0/s1. The van der Waals surface area contributed by atoms with Crippen molar-refractivity contribution in [1.29, 1.82) is 0 Å². The number of aliphatic carboxylic acids is 1. The lowest BCUT2D eigenvalue weighted by Gasteiger charge is -2.30. The summed E-state index contributed by atoms with van der Waals surface area (Å²) < 4.78 is 34.3. The third-order valence-electron chi connectivity index (χ3n) is 6.81. The van der Waals surface area contributed by atoms with Crippen LogP contribution in [0.3, 0.4) is 0 Å². The molecule has 1 atom stereocenters. The van der Waals surface area contributed by atoms with Crippen LogP contribution in [-0.4, -0.2) is 21.6 Å². The van der Waals surface area contributed by atoms with Crippen molar-refractivity contribution in [2.75, 3.05) is 0 Å². The Morgan fingerprint density at radius 1 is 1.00 bits per heavy atom. The first-order valence-corrected chi connectivity index (χ1v) is 12.1. The van der Waals surface area contributed by atoms with Crippen LogP contribution in [0.5, 0.6) is 0 Å². The number of halogens is 2. The highest BCUT2D eigenvalue weighted by molar-refractivity contribution is 5.84. The van der Waals surface area contributed by atoms with Crippen LogP contribution in [0.4, 0.5) is 8.78 Å². The molecular weight excluding hydrogens is 460 g/mol.